The molecule has 0 unspecified atom stereocenters. The summed E-state index contributed by atoms with van der Waals surface area (Å²) in [6.07, 6.45) is 1.85. The van der Waals surface area contributed by atoms with Crippen molar-refractivity contribution in [3.05, 3.63) is 140 Å². The zero-order valence-corrected chi connectivity index (χ0v) is 22.0. The summed E-state index contributed by atoms with van der Waals surface area (Å²) in [5, 5.41) is 14.6. The Morgan fingerprint density at radius 2 is 0.927 bits per heavy atom. The summed E-state index contributed by atoms with van der Waals surface area (Å²) in [7, 11) is 0. The third kappa shape index (κ3) is 3.97. The van der Waals surface area contributed by atoms with Crippen LogP contribution in [-0.2, 0) is 0 Å². The van der Waals surface area contributed by atoms with Crippen LogP contribution in [-0.4, -0.2) is 15.2 Å². The number of hydrogen-bond donors (Lipinski definition) is 0. The van der Waals surface area contributed by atoms with E-state index in [9.17, 15) is 0 Å². The Bertz CT molecular complexity index is 2140. The van der Waals surface area contributed by atoms with E-state index >= 15 is 0 Å². The Balaban J connectivity index is 1.29. The molecule has 2 aromatic heterocycles. The summed E-state index contributed by atoms with van der Waals surface area (Å²) >= 11 is 0. The lowest BCUT2D eigenvalue weighted by Gasteiger charge is -2.18. The Labute approximate surface area is 236 Å². The van der Waals surface area contributed by atoms with Gasteiger partial charge in [-0.3, -0.25) is 4.98 Å². The largest absolute Gasteiger partial charge is 0.416 e. The highest BCUT2D eigenvalue weighted by Gasteiger charge is 2.17. The summed E-state index contributed by atoms with van der Waals surface area (Å²) in [5.74, 6) is 1.02. The van der Waals surface area contributed by atoms with Gasteiger partial charge in [0.2, 0.25) is 11.8 Å². The first-order valence-corrected chi connectivity index (χ1v) is 13.6. The van der Waals surface area contributed by atoms with Crippen LogP contribution in [0.5, 0.6) is 0 Å². The maximum absolute atomic E-state index is 6.01. The van der Waals surface area contributed by atoms with E-state index in [1.54, 1.807) is 0 Å². The minimum Gasteiger partial charge on any atom is -0.416 e. The topological polar surface area (TPSA) is 51.8 Å². The highest BCUT2D eigenvalue weighted by Crippen LogP contribution is 2.44. The molecule has 8 rings (SSSR count). The van der Waals surface area contributed by atoms with Gasteiger partial charge in [-0.25, -0.2) is 0 Å². The van der Waals surface area contributed by atoms with Crippen molar-refractivity contribution in [3.8, 4) is 45.2 Å². The molecule has 192 valence electrons. The van der Waals surface area contributed by atoms with Crippen molar-refractivity contribution in [2.45, 2.75) is 0 Å². The van der Waals surface area contributed by atoms with Crippen LogP contribution in [0.3, 0.4) is 0 Å². The fourth-order valence-electron chi connectivity index (χ4n) is 5.79. The van der Waals surface area contributed by atoms with Crippen molar-refractivity contribution in [3.63, 3.8) is 0 Å². The third-order valence-corrected chi connectivity index (χ3v) is 7.69. The molecule has 0 amide bonds. The fourth-order valence-corrected chi connectivity index (χ4v) is 5.79. The molecule has 0 aliphatic carbocycles. The SMILES string of the molecule is c1ccc(-c2nnc(-c3ccc(-c4c5ccccc5c(-c5ccc6cccnc6c5)c5ccccc45)cc3)o2)cc1. The maximum atomic E-state index is 6.01. The number of fused-ring (bicyclic) bond motifs is 3. The molecule has 0 N–H and O–H groups in total. The highest BCUT2D eigenvalue weighted by molar-refractivity contribution is 6.21. The lowest BCUT2D eigenvalue weighted by molar-refractivity contribution is 0.584. The van der Waals surface area contributed by atoms with E-state index in [0.717, 1.165) is 33.2 Å². The number of rotatable bonds is 4. The molecule has 2 heterocycles. The summed E-state index contributed by atoms with van der Waals surface area (Å²) in [5.41, 5.74) is 7.52. The summed E-state index contributed by atoms with van der Waals surface area (Å²) in [4.78, 5) is 4.63. The Hall–Kier alpha value is -5.61. The first kappa shape index (κ1) is 23.3. The van der Waals surface area contributed by atoms with Crippen LogP contribution in [0.25, 0.3) is 77.6 Å². The Morgan fingerprint density at radius 1 is 0.415 bits per heavy atom. The second-order valence-electron chi connectivity index (χ2n) is 10.1. The third-order valence-electron chi connectivity index (χ3n) is 7.69. The molecule has 6 aromatic carbocycles. The van der Waals surface area contributed by atoms with Gasteiger partial charge < -0.3 is 4.42 Å². The number of nitrogens with zero attached hydrogens (tertiary/aromatic N) is 3. The molecule has 41 heavy (non-hydrogen) atoms. The normalized spacial score (nSPS) is 11.4. The Kier molecular flexibility index (Phi) is 5.42. The summed E-state index contributed by atoms with van der Waals surface area (Å²) in [6, 6.07) is 46.3. The first-order chi connectivity index (χ1) is 20.3. The van der Waals surface area contributed by atoms with Gasteiger partial charge in [0.15, 0.2) is 0 Å². The zero-order valence-electron chi connectivity index (χ0n) is 22.0. The average molecular weight is 526 g/mol. The molecule has 0 saturated carbocycles. The van der Waals surface area contributed by atoms with Crippen molar-refractivity contribution in [2.24, 2.45) is 0 Å². The minimum atomic E-state index is 0.505. The predicted octanol–water partition coefficient (Wildman–Crippen LogP) is 9.59. The quantitative estimate of drug-likeness (QED) is 0.215. The van der Waals surface area contributed by atoms with Crippen LogP contribution < -0.4 is 0 Å². The molecule has 0 saturated heterocycles. The van der Waals surface area contributed by atoms with Crippen LogP contribution in [0.15, 0.2) is 144 Å². The van der Waals surface area contributed by atoms with Gasteiger partial charge in [0, 0.05) is 22.7 Å². The van der Waals surface area contributed by atoms with Crippen LogP contribution >= 0.6 is 0 Å². The average Bonchev–Trinajstić information content (AvgIpc) is 3.54. The molecule has 0 bridgehead atoms. The fraction of sp³-hybridized carbons (Fsp3) is 0. The van der Waals surface area contributed by atoms with Crippen molar-refractivity contribution in [2.75, 3.05) is 0 Å². The van der Waals surface area contributed by atoms with Crippen LogP contribution in [0.1, 0.15) is 0 Å². The van der Waals surface area contributed by atoms with Crippen molar-refractivity contribution < 1.29 is 4.42 Å². The second-order valence-corrected chi connectivity index (χ2v) is 10.1. The number of hydrogen-bond acceptors (Lipinski definition) is 4. The molecule has 8 aromatic rings. The van der Waals surface area contributed by atoms with E-state index in [2.05, 4.69) is 112 Å². The predicted molar refractivity (Wildman–Crippen MR) is 166 cm³/mol. The summed E-state index contributed by atoms with van der Waals surface area (Å²) in [6.45, 7) is 0. The number of benzene rings is 6. The molecular formula is C37H23N3O. The molecule has 0 aliphatic heterocycles. The lowest BCUT2D eigenvalue weighted by atomic mass is 9.85. The molecule has 0 radical (unpaired) electrons. The maximum Gasteiger partial charge on any atom is 0.248 e. The van der Waals surface area contributed by atoms with Crippen molar-refractivity contribution in [1.29, 1.82) is 0 Å². The van der Waals surface area contributed by atoms with Gasteiger partial charge in [0.05, 0.1) is 5.52 Å². The highest BCUT2D eigenvalue weighted by atomic mass is 16.4. The summed E-state index contributed by atoms with van der Waals surface area (Å²) < 4.78 is 6.01. The van der Waals surface area contributed by atoms with Crippen LogP contribution in [0, 0.1) is 0 Å². The van der Waals surface area contributed by atoms with Crippen molar-refractivity contribution in [1.82, 2.24) is 15.2 Å². The van der Waals surface area contributed by atoms with Gasteiger partial charge >= 0.3 is 0 Å². The molecule has 0 fully saturated rings. The second kappa shape index (κ2) is 9.54. The van der Waals surface area contributed by atoms with E-state index in [4.69, 9.17) is 4.42 Å². The molecule has 4 nitrogen and oxygen atoms in total. The zero-order chi connectivity index (χ0) is 27.2. The van der Waals surface area contributed by atoms with Gasteiger partial charge in [-0.05, 0) is 80.2 Å². The molecular weight excluding hydrogens is 502 g/mol. The van der Waals surface area contributed by atoms with E-state index in [1.165, 1.54) is 32.7 Å². The number of pyridine rings is 1. The lowest BCUT2D eigenvalue weighted by Crippen LogP contribution is -1.91. The van der Waals surface area contributed by atoms with Crippen LogP contribution in [0.2, 0.25) is 0 Å². The molecule has 0 atom stereocenters. The van der Waals surface area contributed by atoms with Crippen molar-refractivity contribution >= 4 is 32.4 Å². The van der Waals surface area contributed by atoms with E-state index in [0.29, 0.717) is 11.8 Å². The monoisotopic (exact) mass is 525 g/mol. The van der Waals surface area contributed by atoms with E-state index in [-0.39, 0.29) is 0 Å². The standard InChI is InChI=1S/C37H23N3O/c1-2-9-26(10-3-1)36-39-40-37(41-36)27-19-17-25(18-20-27)34-29-12-4-6-14-31(29)35(32-15-7-5-13-30(32)34)28-21-16-24-11-8-22-38-33(24)23-28/h1-23H. The van der Waals surface area contributed by atoms with Gasteiger partial charge in [-0.15, -0.1) is 10.2 Å². The van der Waals surface area contributed by atoms with Crippen LogP contribution in [0.4, 0.5) is 0 Å². The van der Waals surface area contributed by atoms with Gasteiger partial charge in [0.25, 0.3) is 0 Å². The number of aromatic nitrogens is 3. The Morgan fingerprint density at radius 3 is 1.56 bits per heavy atom. The van der Waals surface area contributed by atoms with E-state index < -0.39 is 0 Å². The molecule has 4 heteroatoms. The van der Waals surface area contributed by atoms with Gasteiger partial charge in [-0.1, -0.05) is 97.1 Å². The van der Waals surface area contributed by atoms with Gasteiger partial charge in [-0.2, -0.15) is 0 Å². The first-order valence-electron chi connectivity index (χ1n) is 13.6. The van der Waals surface area contributed by atoms with E-state index in [1.807, 2.05) is 42.6 Å². The van der Waals surface area contributed by atoms with Gasteiger partial charge in [0.1, 0.15) is 0 Å². The molecule has 0 spiro atoms. The molecule has 0 aliphatic rings. The minimum absolute atomic E-state index is 0.505. The smallest absolute Gasteiger partial charge is 0.248 e.